The summed E-state index contributed by atoms with van der Waals surface area (Å²) in [4.78, 5) is 11.8. The Bertz CT molecular complexity index is 404. The maximum absolute atomic E-state index is 11.8. The summed E-state index contributed by atoms with van der Waals surface area (Å²) >= 11 is 0. The first-order valence-electron chi connectivity index (χ1n) is 6.00. The predicted molar refractivity (Wildman–Crippen MR) is 70.9 cm³/mol. The fourth-order valence-electron chi connectivity index (χ4n) is 1.65. The quantitative estimate of drug-likeness (QED) is 0.837. The van der Waals surface area contributed by atoms with E-state index in [1.807, 2.05) is 32.0 Å². The molecule has 0 radical (unpaired) electrons. The van der Waals surface area contributed by atoms with Gasteiger partial charge in [0.05, 0.1) is 19.6 Å². The van der Waals surface area contributed by atoms with Crippen LogP contribution in [0.5, 0.6) is 5.75 Å². The van der Waals surface area contributed by atoms with E-state index in [4.69, 9.17) is 9.47 Å². The van der Waals surface area contributed by atoms with Gasteiger partial charge in [-0.1, -0.05) is 12.1 Å². The molecule has 1 atom stereocenters. The molecule has 18 heavy (non-hydrogen) atoms. The van der Waals surface area contributed by atoms with Crippen molar-refractivity contribution in [3.05, 3.63) is 29.3 Å². The highest BCUT2D eigenvalue weighted by molar-refractivity contribution is 5.79. The largest absolute Gasteiger partial charge is 0.496 e. The summed E-state index contributed by atoms with van der Waals surface area (Å²) in [6.45, 7) is 4.40. The lowest BCUT2D eigenvalue weighted by molar-refractivity contribution is -0.120. The first-order chi connectivity index (χ1) is 8.58. The number of carbonyl (C=O) groups is 1. The Balaban J connectivity index is 2.59. The van der Waals surface area contributed by atoms with Crippen LogP contribution in [-0.4, -0.2) is 32.8 Å². The maximum atomic E-state index is 11.8. The van der Waals surface area contributed by atoms with Gasteiger partial charge in [0, 0.05) is 13.7 Å². The van der Waals surface area contributed by atoms with Crippen LogP contribution in [0.1, 0.15) is 18.1 Å². The summed E-state index contributed by atoms with van der Waals surface area (Å²) in [7, 11) is 3.26. The van der Waals surface area contributed by atoms with Gasteiger partial charge in [-0.15, -0.1) is 0 Å². The van der Waals surface area contributed by atoms with Crippen LogP contribution < -0.4 is 10.1 Å². The third-order valence-electron chi connectivity index (χ3n) is 2.96. The van der Waals surface area contributed by atoms with Gasteiger partial charge in [-0.05, 0) is 31.0 Å². The second-order valence-corrected chi connectivity index (χ2v) is 4.27. The Kier molecular flexibility index (Phi) is 5.65. The lowest BCUT2D eigenvalue weighted by Crippen LogP contribution is -2.32. The minimum Gasteiger partial charge on any atom is -0.496 e. The van der Waals surface area contributed by atoms with Gasteiger partial charge < -0.3 is 14.8 Å². The minimum absolute atomic E-state index is 0.00440. The lowest BCUT2D eigenvalue weighted by Gasteiger charge is -2.12. The topological polar surface area (TPSA) is 47.6 Å². The van der Waals surface area contributed by atoms with Crippen LogP contribution in [0.4, 0.5) is 0 Å². The van der Waals surface area contributed by atoms with Gasteiger partial charge in [-0.3, -0.25) is 4.79 Å². The summed E-state index contributed by atoms with van der Waals surface area (Å²) in [5.74, 6) is 0.806. The molecule has 0 aliphatic carbocycles. The molecule has 0 heterocycles. The molecule has 0 aliphatic rings. The average Bonchev–Trinajstić information content (AvgIpc) is 2.38. The van der Waals surface area contributed by atoms with Crippen molar-refractivity contribution in [3.63, 3.8) is 0 Å². The summed E-state index contributed by atoms with van der Waals surface area (Å²) in [6, 6.07) is 5.73. The molecule has 1 N–H and O–H groups in total. The third-order valence-corrected chi connectivity index (χ3v) is 2.96. The number of ether oxygens (including phenoxy) is 2. The van der Waals surface area contributed by atoms with E-state index in [2.05, 4.69) is 5.32 Å². The summed E-state index contributed by atoms with van der Waals surface area (Å²) < 4.78 is 10.3. The molecule has 0 saturated heterocycles. The molecular formula is C14H21NO3. The number of methoxy groups -OCH3 is 2. The standard InChI is InChI=1S/C14H21NO3/c1-10(17-3)9-15-14(16)8-12-6-5-7-13(18-4)11(12)2/h5-7,10H,8-9H2,1-4H3,(H,15,16). The smallest absolute Gasteiger partial charge is 0.224 e. The number of amides is 1. The van der Waals surface area contributed by atoms with Crippen LogP contribution in [0, 0.1) is 6.92 Å². The van der Waals surface area contributed by atoms with Crippen LogP contribution in [0.2, 0.25) is 0 Å². The van der Waals surface area contributed by atoms with E-state index >= 15 is 0 Å². The summed E-state index contributed by atoms with van der Waals surface area (Å²) in [6.07, 6.45) is 0.389. The number of rotatable bonds is 6. The highest BCUT2D eigenvalue weighted by atomic mass is 16.5. The van der Waals surface area contributed by atoms with Crippen molar-refractivity contribution < 1.29 is 14.3 Å². The average molecular weight is 251 g/mol. The normalized spacial score (nSPS) is 12.0. The highest BCUT2D eigenvalue weighted by Gasteiger charge is 2.09. The predicted octanol–water partition coefficient (Wildman–Crippen LogP) is 1.70. The van der Waals surface area contributed by atoms with Crippen molar-refractivity contribution in [2.45, 2.75) is 26.4 Å². The zero-order valence-corrected chi connectivity index (χ0v) is 11.4. The molecule has 100 valence electrons. The van der Waals surface area contributed by atoms with Crippen LogP contribution in [0.3, 0.4) is 0 Å². The van der Waals surface area contributed by atoms with Crippen LogP contribution in [-0.2, 0) is 16.0 Å². The fraction of sp³-hybridized carbons (Fsp3) is 0.500. The van der Waals surface area contributed by atoms with E-state index in [1.165, 1.54) is 0 Å². The van der Waals surface area contributed by atoms with Crippen molar-refractivity contribution in [1.29, 1.82) is 0 Å². The fourth-order valence-corrected chi connectivity index (χ4v) is 1.65. The van der Waals surface area contributed by atoms with E-state index in [9.17, 15) is 4.79 Å². The SMILES string of the molecule is COc1cccc(CC(=O)NCC(C)OC)c1C. The van der Waals surface area contributed by atoms with Gasteiger partial charge in [-0.25, -0.2) is 0 Å². The molecule has 0 fully saturated rings. The van der Waals surface area contributed by atoms with Crippen LogP contribution >= 0.6 is 0 Å². The van der Waals surface area contributed by atoms with Crippen molar-refractivity contribution in [3.8, 4) is 5.75 Å². The Morgan fingerprint density at radius 2 is 2.11 bits per heavy atom. The van der Waals surface area contributed by atoms with Gasteiger partial charge in [-0.2, -0.15) is 0 Å². The van der Waals surface area contributed by atoms with Crippen LogP contribution in [0.15, 0.2) is 18.2 Å². The van der Waals surface area contributed by atoms with Gasteiger partial charge in [0.1, 0.15) is 5.75 Å². The Morgan fingerprint density at radius 1 is 1.39 bits per heavy atom. The monoisotopic (exact) mass is 251 g/mol. The van der Waals surface area contributed by atoms with Crippen molar-refractivity contribution in [2.24, 2.45) is 0 Å². The van der Waals surface area contributed by atoms with E-state index in [-0.39, 0.29) is 12.0 Å². The zero-order chi connectivity index (χ0) is 13.5. The summed E-state index contributed by atoms with van der Waals surface area (Å²) in [5, 5.41) is 2.84. The molecule has 0 saturated carbocycles. The number of nitrogens with one attached hydrogen (secondary N) is 1. The molecule has 4 heteroatoms. The Morgan fingerprint density at radius 3 is 2.72 bits per heavy atom. The van der Waals surface area contributed by atoms with E-state index in [0.29, 0.717) is 13.0 Å². The van der Waals surface area contributed by atoms with Gasteiger partial charge in [0.2, 0.25) is 5.91 Å². The Hall–Kier alpha value is -1.55. The molecule has 0 bridgehead atoms. The van der Waals surface area contributed by atoms with E-state index < -0.39 is 0 Å². The number of carbonyl (C=O) groups excluding carboxylic acids is 1. The highest BCUT2D eigenvalue weighted by Crippen LogP contribution is 2.21. The van der Waals surface area contributed by atoms with Crippen molar-refractivity contribution >= 4 is 5.91 Å². The second-order valence-electron chi connectivity index (χ2n) is 4.27. The van der Waals surface area contributed by atoms with Gasteiger partial charge >= 0.3 is 0 Å². The number of hydrogen-bond donors (Lipinski definition) is 1. The number of hydrogen-bond acceptors (Lipinski definition) is 3. The van der Waals surface area contributed by atoms with E-state index in [0.717, 1.165) is 16.9 Å². The van der Waals surface area contributed by atoms with Gasteiger partial charge in [0.25, 0.3) is 0 Å². The molecular weight excluding hydrogens is 230 g/mol. The molecule has 0 aliphatic heterocycles. The first kappa shape index (κ1) is 14.5. The molecule has 1 rings (SSSR count). The molecule has 1 aromatic rings. The van der Waals surface area contributed by atoms with Crippen molar-refractivity contribution in [2.75, 3.05) is 20.8 Å². The number of benzene rings is 1. The third kappa shape index (κ3) is 4.04. The minimum atomic E-state index is -0.00440. The molecule has 1 amide bonds. The maximum Gasteiger partial charge on any atom is 0.224 e. The Labute approximate surface area is 108 Å². The zero-order valence-electron chi connectivity index (χ0n) is 11.4. The summed E-state index contributed by atoms with van der Waals surface area (Å²) in [5.41, 5.74) is 1.99. The van der Waals surface area contributed by atoms with Crippen LogP contribution in [0.25, 0.3) is 0 Å². The molecule has 0 spiro atoms. The van der Waals surface area contributed by atoms with E-state index in [1.54, 1.807) is 14.2 Å². The van der Waals surface area contributed by atoms with Crippen molar-refractivity contribution in [1.82, 2.24) is 5.32 Å². The lowest BCUT2D eigenvalue weighted by atomic mass is 10.0. The molecule has 4 nitrogen and oxygen atoms in total. The molecule has 0 aromatic heterocycles. The molecule has 1 aromatic carbocycles. The first-order valence-corrected chi connectivity index (χ1v) is 6.00. The molecule has 1 unspecified atom stereocenters. The van der Waals surface area contributed by atoms with Gasteiger partial charge in [0.15, 0.2) is 0 Å². The second kappa shape index (κ2) is 7.01.